The molecule has 0 aliphatic carbocycles. The molecule has 6 nitrogen and oxygen atoms in total. The molecule has 1 aromatic carbocycles. The Balaban J connectivity index is 2.95. The van der Waals surface area contributed by atoms with E-state index in [0.717, 1.165) is 5.75 Å². The fourth-order valence-corrected chi connectivity index (χ4v) is 3.72. The normalized spacial score (nSPS) is 14.4. The van der Waals surface area contributed by atoms with Crippen molar-refractivity contribution in [3.05, 3.63) is 18.2 Å². The van der Waals surface area contributed by atoms with Gasteiger partial charge in [0.05, 0.1) is 19.8 Å². The molecule has 1 aromatic rings. The largest absolute Gasteiger partial charge is 0.497 e. The third kappa shape index (κ3) is 5.35. The lowest BCUT2D eigenvalue weighted by Gasteiger charge is -2.23. The first-order valence-electron chi connectivity index (χ1n) is 6.69. The predicted molar refractivity (Wildman–Crippen MR) is 88.4 cm³/mol. The molecule has 0 heterocycles. The van der Waals surface area contributed by atoms with Crippen molar-refractivity contribution in [3.63, 3.8) is 0 Å². The quantitative estimate of drug-likeness (QED) is 0.703. The number of rotatable bonds is 9. The minimum Gasteiger partial charge on any atom is -0.497 e. The van der Waals surface area contributed by atoms with Gasteiger partial charge in [-0.1, -0.05) is 0 Å². The summed E-state index contributed by atoms with van der Waals surface area (Å²) >= 11 is 1.60. The zero-order chi connectivity index (χ0) is 16.8. The van der Waals surface area contributed by atoms with E-state index in [-0.39, 0.29) is 17.2 Å². The van der Waals surface area contributed by atoms with E-state index >= 15 is 0 Å². The highest BCUT2D eigenvalue weighted by atomic mass is 32.2. The van der Waals surface area contributed by atoms with Gasteiger partial charge in [-0.15, -0.1) is 0 Å². The number of benzene rings is 1. The van der Waals surface area contributed by atoms with Crippen LogP contribution in [0.1, 0.15) is 13.3 Å². The average molecular weight is 349 g/mol. The Morgan fingerprint density at radius 3 is 2.55 bits per heavy atom. The summed E-state index contributed by atoms with van der Waals surface area (Å²) in [7, 11) is -0.960. The van der Waals surface area contributed by atoms with Crippen LogP contribution in [0.15, 0.2) is 23.1 Å². The maximum Gasteiger partial charge on any atom is 0.244 e. The van der Waals surface area contributed by atoms with Gasteiger partial charge in [-0.3, -0.25) is 0 Å². The van der Waals surface area contributed by atoms with Gasteiger partial charge in [0.2, 0.25) is 10.0 Å². The number of thioether (sulfide) groups is 1. The van der Waals surface area contributed by atoms with E-state index in [1.807, 2.05) is 6.26 Å². The monoisotopic (exact) mass is 349 g/mol. The average Bonchev–Trinajstić information content (AvgIpc) is 2.50. The number of nitrogens with one attached hydrogen (secondary N) is 1. The fraction of sp³-hybridized carbons (Fsp3) is 0.571. The molecule has 0 fully saturated rings. The van der Waals surface area contributed by atoms with E-state index in [0.29, 0.717) is 12.2 Å². The van der Waals surface area contributed by atoms with E-state index in [2.05, 4.69) is 4.72 Å². The van der Waals surface area contributed by atoms with Crippen molar-refractivity contribution >= 4 is 21.8 Å². The molecule has 126 valence electrons. The molecule has 0 radical (unpaired) electrons. The topological polar surface area (TPSA) is 84.9 Å². The molecule has 0 amide bonds. The van der Waals surface area contributed by atoms with Gasteiger partial charge in [-0.05, 0) is 37.5 Å². The molecule has 1 rings (SSSR count). The van der Waals surface area contributed by atoms with Crippen LogP contribution in [0.3, 0.4) is 0 Å². The number of sulfonamides is 1. The Morgan fingerprint density at radius 2 is 2.00 bits per heavy atom. The minimum atomic E-state index is -3.82. The van der Waals surface area contributed by atoms with Crippen LogP contribution < -0.4 is 14.2 Å². The van der Waals surface area contributed by atoms with Gasteiger partial charge >= 0.3 is 0 Å². The van der Waals surface area contributed by atoms with Crippen LogP contribution in [0.2, 0.25) is 0 Å². The van der Waals surface area contributed by atoms with Crippen LogP contribution >= 0.6 is 11.8 Å². The van der Waals surface area contributed by atoms with E-state index in [9.17, 15) is 13.5 Å². The second-order valence-corrected chi connectivity index (χ2v) is 7.80. The van der Waals surface area contributed by atoms with Gasteiger partial charge in [0.15, 0.2) is 0 Å². The number of aliphatic hydroxyl groups is 1. The molecule has 0 aromatic heterocycles. The van der Waals surface area contributed by atoms with Crippen LogP contribution in [0, 0.1) is 0 Å². The highest BCUT2D eigenvalue weighted by molar-refractivity contribution is 7.98. The molecular formula is C14H23NO5S2. The molecule has 0 spiro atoms. The molecule has 0 bridgehead atoms. The maximum atomic E-state index is 12.4. The summed E-state index contributed by atoms with van der Waals surface area (Å²) in [5, 5.41) is 10.2. The molecule has 2 N–H and O–H groups in total. The number of hydrogen-bond acceptors (Lipinski definition) is 6. The van der Waals surface area contributed by atoms with Gasteiger partial charge < -0.3 is 14.6 Å². The van der Waals surface area contributed by atoms with Crippen LogP contribution in [-0.4, -0.2) is 51.9 Å². The molecule has 8 heteroatoms. The minimum absolute atomic E-state index is 0.0185. The highest BCUT2D eigenvalue weighted by Crippen LogP contribution is 2.28. The van der Waals surface area contributed by atoms with E-state index in [1.165, 1.54) is 26.4 Å². The van der Waals surface area contributed by atoms with Gasteiger partial charge in [-0.2, -0.15) is 11.8 Å². The molecule has 0 aliphatic rings. The number of methoxy groups -OCH3 is 2. The first kappa shape index (κ1) is 19.1. The summed E-state index contributed by atoms with van der Waals surface area (Å²) in [6, 6.07) is 4.53. The Morgan fingerprint density at radius 1 is 1.32 bits per heavy atom. The molecule has 0 saturated carbocycles. The van der Waals surface area contributed by atoms with E-state index in [4.69, 9.17) is 9.47 Å². The number of hydrogen-bond donors (Lipinski definition) is 2. The standard InChI is InChI=1S/C14H23NO5S2/c1-14(16,7-8-21-4)10-15-22(17,18)13-9-11(19-2)5-6-12(13)20-3/h5-6,9,15-16H,7-8,10H2,1-4H3. The second-order valence-electron chi connectivity index (χ2n) is 5.08. The van der Waals surface area contributed by atoms with Crippen molar-refractivity contribution in [2.24, 2.45) is 0 Å². The SMILES string of the molecule is COc1ccc(OC)c(S(=O)(=O)NCC(C)(O)CCSC)c1. The van der Waals surface area contributed by atoms with E-state index < -0.39 is 15.6 Å². The Labute approximate surface area is 136 Å². The maximum absolute atomic E-state index is 12.4. The lowest BCUT2D eigenvalue weighted by atomic mass is 10.1. The van der Waals surface area contributed by atoms with Crippen molar-refractivity contribution < 1.29 is 23.0 Å². The molecule has 0 saturated heterocycles. The highest BCUT2D eigenvalue weighted by Gasteiger charge is 2.26. The third-order valence-corrected chi connectivity index (χ3v) is 5.18. The Hall–Kier alpha value is -0.960. The predicted octanol–water partition coefficient (Wildman–Crippen LogP) is 1.49. The van der Waals surface area contributed by atoms with Crippen LogP contribution in [0.5, 0.6) is 11.5 Å². The lowest BCUT2D eigenvalue weighted by molar-refractivity contribution is 0.0626. The molecule has 22 heavy (non-hydrogen) atoms. The smallest absolute Gasteiger partial charge is 0.244 e. The molecule has 0 aliphatic heterocycles. The molecular weight excluding hydrogens is 326 g/mol. The van der Waals surface area contributed by atoms with E-state index in [1.54, 1.807) is 24.8 Å². The summed E-state index contributed by atoms with van der Waals surface area (Å²) < 4.78 is 37.4. The van der Waals surface area contributed by atoms with Crippen molar-refractivity contribution in [3.8, 4) is 11.5 Å². The lowest BCUT2D eigenvalue weighted by Crippen LogP contribution is -2.41. The number of ether oxygens (including phenoxy) is 2. The molecule has 1 atom stereocenters. The van der Waals surface area contributed by atoms with Crippen LogP contribution in [0.4, 0.5) is 0 Å². The molecule has 1 unspecified atom stereocenters. The van der Waals surface area contributed by atoms with Gasteiger partial charge in [0.25, 0.3) is 0 Å². The summed E-state index contributed by atoms with van der Waals surface area (Å²) in [5.74, 6) is 1.38. The van der Waals surface area contributed by atoms with Gasteiger partial charge in [0.1, 0.15) is 16.4 Å². The Kier molecular flexibility index (Phi) is 6.98. The summed E-state index contributed by atoms with van der Waals surface area (Å²) in [6.07, 6.45) is 2.42. The summed E-state index contributed by atoms with van der Waals surface area (Å²) in [4.78, 5) is -0.0185. The first-order valence-corrected chi connectivity index (χ1v) is 9.56. The van der Waals surface area contributed by atoms with Crippen LogP contribution in [-0.2, 0) is 10.0 Å². The fourth-order valence-electron chi connectivity index (χ4n) is 1.73. The van der Waals surface area contributed by atoms with Gasteiger partial charge in [-0.25, -0.2) is 13.1 Å². The zero-order valence-corrected chi connectivity index (χ0v) is 14.9. The van der Waals surface area contributed by atoms with Crippen molar-refractivity contribution in [2.75, 3.05) is 32.8 Å². The third-order valence-electron chi connectivity index (χ3n) is 3.15. The zero-order valence-electron chi connectivity index (χ0n) is 13.3. The van der Waals surface area contributed by atoms with Crippen LogP contribution in [0.25, 0.3) is 0 Å². The summed E-state index contributed by atoms with van der Waals surface area (Å²) in [5.41, 5.74) is -1.11. The van der Waals surface area contributed by atoms with Crippen molar-refractivity contribution in [1.29, 1.82) is 0 Å². The first-order chi connectivity index (χ1) is 10.3. The van der Waals surface area contributed by atoms with Crippen molar-refractivity contribution in [1.82, 2.24) is 4.72 Å². The summed E-state index contributed by atoms with van der Waals surface area (Å²) in [6.45, 7) is 1.53. The van der Waals surface area contributed by atoms with Gasteiger partial charge in [0, 0.05) is 12.6 Å². The Bertz CT molecular complexity index is 587. The second kappa shape index (κ2) is 8.05. The van der Waals surface area contributed by atoms with Crippen molar-refractivity contribution in [2.45, 2.75) is 23.8 Å².